The van der Waals surface area contributed by atoms with Crippen LogP contribution in [0.25, 0.3) is 0 Å². The molecule has 0 aromatic heterocycles. The van der Waals surface area contributed by atoms with Crippen LogP contribution >= 0.6 is 11.8 Å². The van der Waals surface area contributed by atoms with Gasteiger partial charge in [-0.3, -0.25) is 0 Å². The van der Waals surface area contributed by atoms with Crippen LogP contribution in [0.2, 0.25) is 0 Å². The summed E-state index contributed by atoms with van der Waals surface area (Å²) in [6.45, 7) is 8.01. The molecule has 2 aromatic rings. The van der Waals surface area contributed by atoms with Crippen molar-refractivity contribution in [2.75, 3.05) is 25.1 Å². The van der Waals surface area contributed by atoms with Crippen LogP contribution < -0.4 is 10.6 Å². The second-order valence-electron chi connectivity index (χ2n) is 6.66. The van der Waals surface area contributed by atoms with Crippen molar-refractivity contribution in [3.05, 3.63) is 59.2 Å². The fourth-order valence-electron chi connectivity index (χ4n) is 2.71. The maximum atomic E-state index is 11.7. The van der Waals surface area contributed by atoms with Crippen molar-refractivity contribution >= 4 is 27.6 Å². The zero-order valence-corrected chi connectivity index (χ0v) is 18.6. The van der Waals surface area contributed by atoms with E-state index in [4.69, 9.17) is 0 Å². The molecule has 0 saturated heterocycles. The van der Waals surface area contributed by atoms with Gasteiger partial charge in [-0.05, 0) is 50.1 Å². The summed E-state index contributed by atoms with van der Waals surface area (Å²) in [5, 5.41) is 6.59. The maximum Gasteiger partial charge on any atom is 0.191 e. The van der Waals surface area contributed by atoms with Gasteiger partial charge in [0.1, 0.15) is 0 Å². The molecule has 2 N–H and O–H groups in total. The van der Waals surface area contributed by atoms with Crippen molar-refractivity contribution in [2.24, 2.45) is 4.99 Å². The molecule has 0 heterocycles. The third-order valence-corrected chi connectivity index (χ3v) is 6.36. The average molecular weight is 420 g/mol. The molecular weight excluding hydrogens is 390 g/mol. The summed E-state index contributed by atoms with van der Waals surface area (Å²) in [6, 6.07) is 13.9. The van der Waals surface area contributed by atoms with E-state index in [2.05, 4.69) is 46.8 Å². The normalized spacial score (nSPS) is 12.1. The summed E-state index contributed by atoms with van der Waals surface area (Å²) in [6.07, 6.45) is 1.23. The molecule has 0 aliphatic carbocycles. The summed E-state index contributed by atoms with van der Waals surface area (Å²) in [5.41, 5.74) is 3.00. The summed E-state index contributed by atoms with van der Waals surface area (Å²) in [5.74, 6) is 1.70. The quantitative estimate of drug-likeness (QED) is 0.296. The van der Waals surface area contributed by atoms with Crippen LogP contribution in [0.3, 0.4) is 0 Å². The van der Waals surface area contributed by atoms with E-state index < -0.39 is 9.84 Å². The minimum Gasteiger partial charge on any atom is -0.357 e. The van der Waals surface area contributed by atoms with Crippen molar-refractivity contribution in [3.63, 3.8) is 0 Å². The van der Waals surface area contributed by atoms with Gasteiger partial charge < -0.3 is 10.6 Å². The highest BCUT2D eigenvalue weighted by Crippen LogP contribution is 2.18. The highest BCUT2D eigenvalue weighted by Gasteiger charge is 2.10. The molecule has 152 valence electrons. The van der Waals surface area contributed by atoms with Gasteiger partial charge in [-0.25, -0.2) is 13.4 Å². The van der Waals surface area contributed by atoms with E-state index >= 15 is 0 Å². The summed E-state index contributed by atoms with van der Waals surface area (Å²) < 4.78 is 23.5. The van der Waals surface area contributed by atoms with Gasteiger partial charge in [0.05, 0.1) is 11.4 Å². The molecule has 7 heteroatoms. The van der Waals surface area contributed by atoms with E-state index in [-0.39, 0.29) is 0 Å². The largest absolute Gasteiger partial charge is 0.357 e. The third-order valence-electron chi connectivity index (χ3n) is 4.09. The van der Waals surface area contributed by atoms with Gasteiger partial charge in [0, 0.05) is 30.0 Å². The number of guanidine groups is 1. The van der Waals surface area contributed by atoms with Crippen LogP contribution in [0, 0.1) is 13.8 Å². The van der Waals surface area contributed by atoms with E-state index in [0.29, 0.717) is 11.4 Å². The SMILES string of the molecule is CCNC(=NCc1ccc(S(C)(=O)=O)c(C)c1)NCCSc1ccc(C)cc1. The van der Waals surface area contributed by atoms with Crippen LogP contribution in [0.1, 0.15) is 23.6 Å². The molecule has 0 amide bonds. The summed E-state index contributed by atoms with van der Waals surface area (Å²) in [7, 11) is -3.19. The van der Waals surface area contributed by atoms with Crippen molar-refractivity contribution < 1.29 is 8.42 Å². The van der Waals surface area contributed by atoms with Gasteiger partial charge >= 0.3 is 0 Å². The Morgan fingerprint density at radius 1 is 1.07 bits per heavy atom. The first-order chi connectivity index (χ1) is 13.3. The number of hydrogen-bond donors (Lipinski definition) is 2. The van der Waals surface area contributed by atoms with E-state index in [9.17, 15) is 8.42 Å². The third kappa shape index (κ3) is 7.20. The standard InChI is InChI=1S/C21H29N3O2S2/c1-5-22-21(23-12-13-27-19-9-6-16(2)7-10-19)24-15-18-8-11-20(17(3)14-18)28(4,25)26/h6-11,14H,5,12-13,15H2,1-4H3,(H2,22,23,24). The Hall–Kier alpha value is -1.99. The van der Waals surface area contributed by atoms with Gasteiger partial charge in [-0.15, -0.1) is 11.8 Å². The number of sulfone groups is 1. The first-order valence-electron chi connectivity index (χ1n) is 9.31. The molecule has 0 bridgehead atoms. The van der Waals surface area contributed by atoms with E-state index in [1.165, 1.54) is 16.7 Å². The predicted octanol–water partition coefficient (Wildman–Crippen LogP) is 3.55. The minimum atomic E-state index is -3.19. The molecule has 0 radical (unpaired) electrons. The molecular formula is C21H29N3O2S2. The first kappa shape index (κ1) is 22.3. The Kier molecular flexibility index (Phi) is 8.38. The number of aliphatic imine (C=N–C) groups is 1. The molecule has 2 aromatic carbocycles. The second kappa shape index (κ2) is 10.5. The molecule has 5 nitrogen and oxygen atoms in total. The molecule has 0 aliphatic rings. The topological polar surface area (TPSA) is 70.6 Å². The zero-order chi connectivity index (χ0) is 20.6. The Balaban J connectivity index is 1.91. The average Bonchev–Trinajstić information content (AvgIpc) is 2.63. The molecule has 0 atom stereocenters. The van der Waals surface area contributed by atoms with Crippen molar-refractivity contribution in [3.8, 4) is 0 Å². The molecule has 28 heavy (non-hydrogen) atoms. The molecule has 0 unspecified atom stereocenters. The molecule has 0 saturated carbocycles. The highest BCUT2D eigenvalue weighted by atomic mass is 32.2. The van der Waals surface area contributed by atoms with Crippen LogP contribution in [-0.2, 0) is 16.4 Å². The Bertz CT molecular complexity index is 908. The van der Waals surface area contributed by atoms with Gasteiger partial charge in [0.2, 0.25) is 0 Å². The van der Waals surface area contributed by atoms with Crippen LogP contribution in [0.4, 0.5) is 0 Å². The number of benzene rings is 2. The minimum absolute atomic E-state index is 0.374. The van der Waals surface area contributed by atoms with E-state index in [0.717, 1.165) is 35.9 Å². The number of nitrogens with zero attached hydrogens (tertiary/aromatic N) is 1. The van der Waals surface area contributed by atoms with E-state index in [1.54, 1.807) is 6.07 Å². The van der Waals surface area contributed by atoms with Gasteiger partial charge in [-0.1, -0.05) is 29.8 Å². The number of hydrogen-bond acceptors (Lipinski definition) is 4. The molecule has 0 spiro atoms. The first-order valence-corrected chi connectivity index (χ1v) is 12.2. The van der Waals surface area contributed by atoms with Crippen molar-refractivity contribution in [1.29, 1.82) is 0 Å². The smallest absolute Gasteiger partial charge is 0.191 e. The lowest BCUT2D eigenvalue weighted by molar-refractivity contribution is 0.601. The molecule has 2 rings (SSSR count). The van der Waals surface area contributed by atoms with Crippen LogP contribution in [-0.4, -0.2) is 39.5 Å². The molecule has 0 fully saturated rings. The number of thioether (sulfide) groups is 1. The van der Waals surface area contributed by atoms with Gasteiger partial charge in [0.25, 0.3) is 0 Å². The van der Waals surface area contributed by atoms with E-state index in [1.807, 2.05) is 37.7 Å². The Labute approximate surface area is 173 Å². The predicted molar refractivity (Wildman–Crippen MR) is 119 cm³/mol. The van der Waals surface area contributed by atoms with Crippen molar-refractivity contribution in [1.82, 2.24) is 10.6 Å². The van der Waals surface area contributed by atoms with Gasteiger partial charge in [-0.2, -0.15) is 0 Å². The lowest BCUT2D eigenvalue weighted by atomic mass is 10.1. The lowest BCUT2D eigenvalue weighted by Crippen LogP contribution is -2.38. The number of aryl methyl sites for hydroxylation is 2. The maximum absolute atomic E-state index is 11.7. The highest BCUT2D eigenvalue weighted by molar-refractivity contribution is 7.99. The van der Waals surface area contributed by atoms with Crippen molar-refractivity contribution in [2.45, 2.75) is 37.1 Å². The fourth-order valence-corrected chi connectivity index (χ4v) is 4.44. The van der Waals surface area contributed by atoms with Gasteiger partial charge in [0.15, 0.2) is 15.8 Å². The summed E-state index contributed by atoms with van der Waals surface area (Å²) in [4.78, 5) is 6.24. The second-order valence-corrected chi connectivity index (χ2v) is 9.81. The Morgan fingerprint density at radius 3 is 2.39 bits per heavy atom. The van der Waals surface area contributed by atoms with Crippen LogP contribution in [0.15, 0.2) is 57.2 Å². The number of nitrogens with one attached hydrogen (secondary N) is 2. The zero-order valence-electron chi connectivity index (χ0n) is 17.0. The Morgan fingerprint density at radius 2 is 1.79 bits per heavy atom. The lowest BCUT2D eigenvalue weighted by Gasteiger charge is -2.12. The summed E-state index contributed by atoms with van der Waals surface area (Å²) >= 11 is 1.81. The fraction of sp³-hybridized carbons (Fsp3) is 0.381. The molecule has 0 aliphatic heterocycles. The van der Waals surface area contributed by atoms with Crippen LogP contribution in [0.5, 0.6) is 0 Å². The monoisotopic (exact) mass is 419 g/mol. The number of rotatable bonds is 8.